The van der Waals surface area contributed by atoms with Crippen molar-refractivity contribution >= 4 is 23.6 Å². The first-order valence-electron chi connectivity index (χ1n) is 7.78. The third kappa shape index (κ3) is 3.82. The number of carboxylic acid groups (broad SMARTS) is 1. The molecule has 6 heteroatoms. The van der Waals surface area contributed by atoms with Gasteiger partial charge in [-0.25, -0.2) is 0 Å². The van der Waals surface area contributed by atoms with E-state index < -0.39 is 11.5 Å². The number of hydrogen-bond acceptors (Lipinski definition) is 4. The monoisotopic (exact) mass is 362 g/mol. The zero-order chi connectivity index (χ0) is 18.5. The third-order valence-corrected chi connectivity index (χ3v) is 4.14. The van der Waals surface area contributed by atoms with Crippen LogP contribution in [-0.4, -0.2) is 15.7 Å². The maximum Gasteiger partial charge on any atom is 0.101 e. The minimum atomic E-state index is -1.52. The van der Waals surface area contributed by atoms with Crippen LogP contribution in [0.15, 0.2) is 66.4 Å². The summed E-state index contributed by atoms with van der Waals surface area (Å²) in [6.07, 6.45) is 2.96. The number of nitrogens with zero attached hydrogens (tertiary/aromatic N) is 3. The molecule has 0 N–H and O–H groups in total. The molecule has 2 aromatic carbocycles. The van der Waals surface area contributed by atoms with Gasteiger partial charge in [-0.1, -0.05) is 60.1 Å². The second-order valence-electron chi connectivity index (χ2n) is 5.55. The molecule has 0 saturated carbocycles. The first-order valence-corrected chi connectivity index (χ1v) is 8.15. The summed E-state index contributed by atoms with van der Waals surface area (Å²) >= 11 is 6.20. The summed E-state index contributed by atoms with van der Waals surface area (Å²) < 4.78 is 1.67. The molecule has 0 spiro atoms. The molecule has 1 heterocycles. The first-order chi connectivity index (χ1) is 12.6. The van der Waals surface area contributed by atoms with Gasteiger partial charge in [0.05, 0.1) is 23.8 Å². The van der Waals surface area contributed by atoms with Crippen LogP contribution >= 0.6 is 11.6 Å². The lowest BCUT2D eigenvalue weighted by molar-refractivity contribution is -0.298. The Morgan fingerprint density at radius 1 is 1.19 bits per heavy atom. The van der Waals surface area contributed by atoms with E-state index in [0.29, 0.717) is 22.8 Å². The minimum absolute atomic E-state index is 0.417. The van der Waals surface area contributed by atoms with Crippen LogP contribution < -0.4 is 5.11 Å². The summed E-state index contributed by atoms with van der Waals surface area (Å²) in [6, 6.07) is 18.4. The molecule has 3 aromatic rings. The number of carbonyl (C=O) groups excluding carboxylic acids is 1. The zero-order valence-electron chi connectivity index (χ0n) is 13.6. The normalized spacial score (nSPS) is 11.2. The van der Waals surface area contributed by atoms with E-state index in [0.717, 1.165) is 11.1 Å². The van der Waals surface area contributed by atoms with Crippen LogP contribution in [0.3, 0.4) is 0 Å². The maximum atomic E-state index is 11.1. The number of carboxylic acids is 1. The van der Waals surface area contributed by atoms with Gasteiger partial charge in [0.15, 0.2) is 0 Å². The Morgan fingerprint density at radius 2 is 1.88 bits per heavy atom. The average Bonchev–Trinajstić information content (AvgIpc) is 3.04. The maximum absolute atomic E-state index is 11.1. The lowest BCUT2D eigenvalue weighted by Gasteiger charge is -2.04. The molecule has 0 amide bonds. The number of aromatic nitrogens is 2. The van der Waals surface area contributed by atoms with Crippen LogP contribution in [0.25, 0.3) is 17.3 Å². The molecule has 3 rings (SSSR count). The molecule has 0 atom stereocenters. The van der Waals surface area contributed by atoms with E-state index in [1.807, 2.05) is 48.5 Å². The molecule has 0 aliphatic heterocycles. The molecule has 0 saturated heterocycles. The molecule has 5 nitrogen and oxygen atoms in total. The van der Waals surface area contributed by atoms with Crippen LogP contribution in [0.2, 0.25) is 5.02 Å². The Kier molecular flexibility index (Phi) is 5.16. The van der Waals surface area contributed by atoms with Gasteiger partial charge < -0.3 is 9.90 Å². The van der Waals surface area contributed by atoms with Crippen molar-refractivity contribution in [1.82, 2.24) is 9.78 Å². The third-order valence-electron chi connectivity index (χ3n) is 3.77. The largest absolute Gasteiger partial charge is 0.544 e. The topological polar surface area (TPSA) is 81.7 Å². The van der Waals surface area contributed by atoms with E-state index in [1.165, 1.54) is 6.08 Å². The van der Waals surface area contributed by atoms with Crippen molar-refractivity contribution in [2.45, 2.75) is 6.54 Å². The number of rotatable bonds is 5. The van der Waals surface area contributed by atoms with Gasteiger partial charge in [-0.3, -0.25) is 4.68 Å². The SMILES string of the molecule is N#C/C(=C\c1cn(Cc2ccccc2Cl)nc1-c1ccccc1)C(=O)[O-]. The molecular formula is C20H13ClN3O2-. The van der Waals surface area contributed by atoms with Crippen molar-refractivity contribution in [3.63, 3.8) is 0 Å². The zero-order valence-corrected chi connectivity index (χ0v) is 14.3. The van der Waals surface area contributed by atoms with Crippen molar-refractivity contribution in [2.75, 3.05) is 0 Å². The second kappa shape index (κ2) is 7.68. The van der Waals surface area contributed by atoms with Crippen molar-refractivity contribution in [2.24, 2.45) is 0 Å². The number of benzene rings is 2. The lowest BCUT2D eigenvalue weighted by atomic mass is 10.1. The molecule has 0 aliphatic carbocycles. The molecule has 0 radical (unpaired) electrons. The summed E-state index contributed by atoms with van der Waals surface area (Å²) in [5.74, 6) is -1.52. The van der Waals surface area contributed by atoms with E-state index in [4.69, 9.17) is 16.9 Å². The predicted octanol–water partition coefficient (Wildman–Crippen LogP) is 2.91. The van der Waals surface area contributed by atoms with Crippen molar-refractivity contribution in [3.05, 3.63) is 82.5 Å². The average molecular weight is 363 g/mol. The fraction of sp³-hybridized carbons (Fsp3) is 0.0500. The first kappa shape index (κ1) is 17.5. The van der Waals surface area contributed by atoms with Gasteiger partial charge in [0.25, 0.3) is 0 Å². The number of hydrogen-bond donors (Lipinski definition) is 0. The highest BCUT2D eigenvalue weighted by Gasteiger charge is 2.12. The van der Waals surface area contributed by atoms with Crippen molar-refractivity contribution < 1.29 is 9.90 Å². The highest BCUT2D eigenvalue weighted by atomic mass is 35.5. The smallest absolute Gasteiger partial charge is 0.101 e. The van der Waals surface area contributed by atoms with E-state index in [2.05, 4.69) is 5.10 Å². The summed E-state index contributed by atoms with van der Waals surface area (Å²) in [7, 11) is 0. The Morgan fingerprint density at radius 3 is 2.54 bits per heavy atom. The van der Waals surface area contributed by atoms with Gasteiger partial charge in [0, 0.05) is 22.3 Å². The van der Waals surface area contributed by atoms with Gasteiger partial charge in [0.2, 0.25) is 0 Å². The van der Waals surface area contributed by atoms with Gasteiger partial charge >= 0.3 is 0 Å². The molecular weight excluding hydrogens is 350 g/mol. The summed E-state index contributed by atoms with van der Waals surface area (Å²) in [5, 5.41) is 25.3. The van der Waals surface area contributed by atoms with E-state index >= 15 is 0 Å². The fourth-order valence-corrected chi connectivity index (χ4v) is 2.73. The minimum Gasteiger partial charge on any atom is -0.544 e. The molecule has 1 aromatic heterocycles. The Bertz CT molecular complexity index is 1020. The van der Waals surface area contributed by atoms with Crippen molar-refractivity contribution in [3.8, 4) is 17.3 Å². The predicted molar refractivity (Wildman–Crippen MR) is 96.8 cm³/mol. The highest BCUT2D eigenvalue weighted by Crippen LogP contribution is 2.25. The fourth-order valence-electron chi connectivity index (χ4n) is 2.54. The standard InChI is InChI=1S/C20H14ClN3O2/c21-18-9-5-4-8-15(18)12-24-13-17(10-16(11-22)20(25)26)19(23-24)14-6-2-1-3-7-14/h1-10,13H,12H2,(H,25,26)/p-1/b16-10+. The lowest BCUT2D eigenvalue weighted by Crippen LogP contribution is -2.23. The van der Waals surface area contributed by atoms with E-state index in [9.17, 15) is 9.90 Å². The van der Waals surface area contributed by atoms with Gasteiger partial charge in [-0.2, -0.15) is 10.4 Å². The quantitative estimate of drug-likeness (QED) is 0.516. The summed E-state index contributed by atoms with van der Waals surface area (Å²) in [5.41, 5.74) is 2.33. The number of aliphatic carboxylic acids is 1. The van der Waals surface area contributed by atoms with Gasteiger partial charge in [-0.15, -0.1) is 0 Å². The van der Waals surface area contributed by atoms with Crippen LogP contribution in [0.4, 0.5) is 0 Å². The van der Waals surface area contributed by atoms with Crippen molar-refractivity contribution in [1.29, 1.82) is 5.26 Å². The highest BCUT2D eigenvalue weighted by molar-refractivity contribution is 6.31. The summed E-state index contributed by atoms with van der Waals surface area (Å²) in [4.78, 5) is 11.1. The molecule has 0 bridgehead atoms. The molecule has 26 heavy (non-hydrogen) atoms. The van der Waals surface area contributed by atoms with Crippen LogP contribution in [0.5, 0.6) is 0 Å². The number of carbonyl (C=O) groups is 1. The molecule has 128 valence electrons. The van der Waals surface area contributed by atoms with Gasteiger partial charge in [-0.05, 0) is 17.7 Å². The summed E-state index contributed by atoms with van der Waals surface area (Å²) in [6.45, 7) is 0.417. The Labute approximate surface area is 155 Å². The molecule has 0 fully saturated rings. The number of nitriles is 1. The Hall–Kier alpha value is -3.36. The van der Waals surface area contributed by atoms with E-state index in [-0.39, 0.29) is 0 Å². The van der Waals surface area contributed by atoms with Gasteiger partial charge in [0.1, 0.15) is 6.07 Å². The van der Waals surface area contributed by atoms with Crippen LogP contribution in [0, 0.1) is 11.3 Å². The second-order valence-corrected chi connectivity index (χ2v) is 5.95. The van der Waals surface area contributed by atoms with Crippen LogP contribution in [0.1, 0.15) is 11.1 Å². The van der Waals surface area contributed by atoms with Crippen LogP contribution in [-0.2, 0) is 11.3 Å². The number of halogens is 1. The van der Waals surface area contributed by atoms with E-state index in [1.54, 1.807) is 23.0 Å². The molecule has 0 aliphatic rings. The Balaban J connectivity index is 2.08. The molecule has 0 unspecified atom stereocenters.